The lowest BCUT2D eigenvalue weighted by atomic mass is 9.88. The maximum atomic E-state index is 6.08. The highest BCUT2D eigenvalue weighted by molar-refractivity contribution is 6.35. The number of hydrogen-bond acceptors (Lipinski definition) is 2. The molecule has 5 heteroatoms. The Morgan fingerprint density at radius 1 is 1.35 bits per heavy atom. The lowest BCUT2D eigenvalue weighted by Crippen LogP contribution is -2.16. The molecule has 3 nitrogen and oxygen atoms in total. The zero-order valence-electron chi connectivity index (χ0n) is 11.0. The summed E-state index contributed by atoms with van der Waals surface area (Å²) in [7, 11) is 0. The number of rotatable bonds is 4. The van der Waals surface area contributed by atoms with Crippen molar-refractivity contribution in [2.24, 2.45) is 5.92 Å². The average Bonchev–Trinajstić information content (AvgIpc) is 2.89. The maximum Gasteiger partial charge on any atom is 0.137 e. The summed E-state index contributed by atoms with van der Waals surface area (Å²) >= 11 is 11.9. The quantitative estimate of drug-likeness (QED) is 0.914. The molecule has 106 valence electrons. The van der Waals surface area contributed by atoms with Gasteiger partial charge in [-0.3, -0.25) is 0 Å². The second-order valence-electron chi connectivity index (χ2n) is 5.15. The zero-order chi connectivity index (χ0) is 13.9. The summed E-state index contributed by atoms with van der Waals surface area (Å²) in [6.45, 7) is 0.676. The number of nitrogens with one attached hydrogen (secondary N) is 1. The Labute approximate surface area is 128 Å². The molecule has 0 bridgehead atoms. The number of aryl methyl sites for hydroxylation is 1. The van der Waals surface area contributed by atoms with Crippen LogP contribution in [-0.2, 0) is 12.8 Å². The molecule has 0 saturated heterocycles. The number of ether oxygens (including phenoxy) is 1. The fourth-order valence-corrected chi connectivity index (χ4v) is 3.11. The molecule has 1 aromatic carbocycles. The van der Waals surface area contributed by atoms with Crippen molar-refractivity contribution in [2.75, 3.05) is 6.61 Å². The van der Waals surface area contributed by atoms with E-state index in [1.54, 1.807) is 18.5 Å². The van der Waals surface area contributed by atoms with Gasteiger partial charge in [0.25, 0.3) is 0 Å². The Balaban J connectivity index is 1.51. The minimum atomic E-state index is 0.567. The van der Waals surface area contributed by atoms with E-state index in [-0.39, 0.29) is 0 Å². The second-order valence-corrected chi connectivity index (χ2v) is 5.99. The van der Waals surface area contributed by atoms with Crippen LogP contribution in [0.1, 0.15) is 24.2 Å². The summed E-state index contributed by atoms with van der Waals surface area (Å²) in [6, 6.07) is 5.31. The first kappa shape index (κ1) is 13.8. The van der Waals surface area contributed by atoms with Crippen LogP contribution < -0.4 is 4.74 Å². The Morgan fingerprint density at radius 3 is 3.10 bits per heavy atom. The molecule has 0 aliphatic heterocycles. The number of hydrogen-bond donors (Lipinski definition) is 1. The second kappa shape index (κ2) is 6.06. The number of fused-ring (bicyclic) bond motifs is 1. The fraction of sp³-hybridized carbons (Fsp3) is 0.400. The van der Waals surface area contributed by atoms with E-state index in [1.807, 2.05) is 6.07 Å². The van der Waals surface area contributed by atoms with Gasteiger partial charge in [0.15, 0.2) is 0 Å². The molecule has 1 N–H and O–H groups in total. The monoisotopic (exact) mass is 310 g/mol. The molecule has 0 amide bonds. The average molecular weight is 311 g/mol. The summed E-state index contributed by atoms with van der Waals surface area (Å²) in [5.41, 5.74) is 2.51. The molecule has 0 spiro atoms. The molecule has 3 rings (SSSR count). The van der Waals surface area contributed by atoms with Gasteiger partial charge in [0.2, 0.25) is 0 Å². The highest BCUT2D eigenvalue weighted by atomic mass is 35.5. The van der Waals surface area contributed by atoms with Crippen LogP contribution in [0.25, 0.3) is 0 Å². The maximum absolute atomic E-state index is 6.08. The van der Waals surface area contributed by atoms with Crippen LogP contribution in [0.5, 0.6) is 5.75 Å². The molecule has 0 fully saturated rings. The predicted octanol–water partition coefficient (Wildman–Crippen LogP) is 4.29. The molecule has 1 heterocycles. The summed E-state index contributed by atoms with van der Waals surface area (Å²) in [4.78, 5) is 7.55. The van der Waals surface area contributed by atoms with Crippen molar-refractivity contribution in [1.29, 1.82) is 0 Å². The summed E-state index contributed by atoms with van der Waals surface area (Å²) < 4.78 is 5.75. The summed E-state index contributed by atoms with van der Waals surface area (Å²) in [5.74, 6) is 1.35. The number of benzene rings is 1. The van der Waals surface area contributed by atoms with Gasteiger partial charge in [0, 0.05) is 10.7 Å². The van der Waals surface area contributed by atoms with E-state index in [0.717, 1.165) is 19.3 Å². The molecule has 1 atom stereocenters. The van der Waals surface area contributed by atoms with Crippen LogP contribution in [0, 0.1) is 5.92 Å². The van der Waals surface area contributed by atoms with Crippen molar-refractivity contribution in [3.8, 4) is 5.75 Å². The molecule has 1 aliphatic rings. The molecule has 1 aromatic heterocycles. The van der Waals surface area contributed by atoms with Crippen LogP contribution in [0.3, 0.4) is 0 Å². The SMILES string of the molecule is Clc1ccc(OCCC2CCc3nc[nH]c3C2)c(Cl)c1. The van der Waals surface area contributed by atoms with E-state index < -0.39 is 0 Å². The number of nitrogens with zero attached hydrogens (tertiary/aromatic N) is 1. The highest BCUT2D eigenvalue weighted by Gasteiger charge is 2.20. The standard InChI is InChI=1S/C15H16Cl2N2O/c16-11-2-4-15(12(17)8-11)20-6-5-10-1-3-13-14(7-10)19-9-18-13/h2,4,8-10H,1,3,5-7H2,(H,18,19). The van der Waals surface area contributed by atoms with Crippen molar-refractivity contribution in [1.82, 2.24) is 9.97 Å². The van der Waals surface area contributed by atoms with Gasteiger partial charge in [-0.25, -0.2) is 4.98 Å². The zero-order valence-corrected chi connectivity index (χ0v) is 12.5. The van der Waals surface area contributed by atoms with Crippen molar-refractivity contribution < 1.29 is 4.74 Å². The molecular weight excluding hydrogens is 295 g/mol. The Hall–Kier alpha value is -1.19. The normalized spacial score (nSPS) is 17.8. The molecule has 20 heavy (non-hydrogen) atoms. The van der Waals surface area contributed by atoms with Crippen LogP contribution in [0.4, 0.5) is 0 Å². The number of halogens is 2. The number of imidazole rings is 1. The lowest BCUT2D eigenvalue weighted by molar-refractivity contribution is 0.266. The third-order valence-corrected chi connectivity index (χ3v) is 4.30. The topological polar surface area (TPSA) is 37.9 Å². The first-order chi connectivity index (χ1) is 9.72. The van der Waals surface area contributed by atoms with Crippen molar-refractivity contribution in [2.45, 2.75) is 25.7 Å². The molecule has 1 unspecified atom stereocenters. The predicted molar refractivity (Wildman–Crippen MR) is 80.7 cm³/mol. The summed E-state index contributed by atoms with van der Waals surface area (Å²) in [6.07, 6.45) is 6.11. The third kappa shape index (κ3) is 3.10. The van der Waals surface area contributed by atoms with Crippen molar-refractivity contribution in [3.63, 3.8) is 0 Å². The molecule has 2 aromatic rings. The first-order valence-electron chi connectivity index (χ1n) is 6.81. The number of aromatic nitrogens is 2. The Kier molecular flexibility index (Phi) is 4.18. The van der Waals surface area contributed by atoms with Gasteiger partial charge in [-0.15, -0.1) is 0 Å². The van der Waals surface area contributed by atoms with E-state index in [9.17, 15) is 0 Å². The highest BCUT2D eigenvalue weighted by Crippen LogP contribution is 2.29. The lowest BCUT2D eigenvalue weighted by Gasteiger charge is -2.21. The summed E-state index contributed by atoms with van der Waals surface area (Å²) in [5, 5.41) is 1.19. The van der Waals surface area contributed by atoms with E-state index in [2.05, 4.69) is 9.97 Å². The molecule has 0 saturated carbocycles. The van der Waals surface area contributed by atoms with Gasteiger partial charge >= 0.3 is 0 Å². The van der Waals surface area contributed by atoms with Gasteiger partial charge in [0.05, 0.1) is 23.7 Å². The van der Waals surface area contributed by atoms with E-state index in [4.69, 9.17) is 27.9 Å². The van der Waals surface area contributed by atoms with Crippen molar-refractivity contribution >= 4 is 23.2 Å². The van der Waals surface area contributed by atoms with Gasteiger partial charge in [-0.05, 0) is 49.8 Å². The molecular formula is C15H16Cl2N2O. The molecule has 1 aliphatic carbocycles. The third-order valence-electron chi connectivity index (χ3n) is 3.77. The van der Waals surface area contributed by atoms with Crippen LogP contribution in [0.15, 0.2) is 24.5 Å². The van der Waals surface area contributed by atoms with Gasteiger partial charge in [0.1, 0.15) is 5.75 Å². The van der Waals surface area contributed by atoms with Crippen molar-refractivity contribution in [3.05, 3.63) is 46.0 Å². The van der Waals surface area contributed by atoms with Crippen LogP contribution >= 0.6 is 23.2 Å². The fourth-order valence-electron chi connectivity index (χ4n) is 2.65. The van der Waals surface area contributed by atoms with Crippen LogP contribution in [-0.4, -0.2) is 16.6 Å². The Bertz CT molecular complexity index is 597. The van der Waals surface area contributed by atoms with E-state index in [1.165, 1.54) is 17.8 Å². The minimum Gasteiger partial charge on any atom is -0.492 e. The first-order valence-corrected chi connectivity index (χ1v) is 7.57. The van der Waals surface area contributed by atoms with Gasteiger partial charge in [-0.1, -0.05) is 23.2 Å². The number of aromatic amines is 1. The van der Waals surface area contributed by atoms with Gasteiger partial charge in [-0.2, -0.15) is 0 Å². The Morgan fingerprint density at radius 2 is 2.25 bits per heavy atom. The smallest absolute Gasteiger partial charge is 0.137 e. The van der Waals surface area contributed by atoms with E-state index >= 15 is 0 Å². The van der Waals surface area contributed by atoms with E-state index in [0.29, 0.717) is 28.3 Å². The number of H-pyrrole nitrogens is 1. The largest absolute Gasteiger partial charge is 0.492 e. The van der Waals surface area contributed by atoms with Gasteiger partial charge < -0.3 is 9.72 Å². The molecule has 0 radical (unpaired) electrons. The minimum absolute atomic E-state index is 0.567. The van der Waals surface area contributed by atoms with Crippen LogP contribution in [0.2, 0.25) is 10.0 Å².